The van der Waals surface area contributed by atoms with Crippen molar-refractivity contribution in [3.8, 4) is 5.75 Å². The van der Waals surface area contributed by atoms with E-state index >= 15 is 0 Å². The van der Waals surface area contributed by atoms with E-state index in [4.69, 9.17) is 4.74 Å². The number of carbonyl (C=O) groups excluding carboxylic acids is 1. The van der Waals surface area contributed by atoms with E-state index in [9.17, 15) is 4.79 Å². The van der Waals surface area contributed by atoms with Gasteiger partial charge in [-0.15, -0.1) is 0 Å². The molecule has 1 fully saturated rings. The summed E-state index contributed by atoms with van der Waals surface area (Å²) in [5.74, 6) is 0.692. The van der Waals surface area contributed by atoms with Crippen molar-refractivity contribution >= 4 is 21.8 Å². The lowest BCUT2D eigenvalue weighted by Gasteiger charge is -2.18. The third-order valence-corrected chi connectivity index (χ3v) is 3.73. The lowest BCUT2D eigenvalue weighted by Crippen LogP contribution is -2.41. The van der Waals surface area contributed by atoms with E-state index in [1.165, 1.54) is 12.8 Å². The number of hydrogen-bond acceptors (Lipinski definition) is 2. The summed E-state index contributed by atoms with van der Waals surface area (Å²) < 4.78 is 6.61. The van der Waals surface area contributed by atoms with E-state index in [0.29, 0.717) is 11.8 Å². The van der Waals surface area contributed by atoms with Crippen molar-refractivity contribution in [3.05, 3.63) is 28.7 Å². The minimum Gasteiger partial charge on any atom is -0.481 e. The first-order chi connectivity index (χ1) is 8.65. The Bertz CT molecular complexity index is 399. The minimum absolute atomic E-state index is 0.0233. The average Bonchev–Trinajstić information content (AvgIpc) is 2.85. The summed E-state index contributed by atoms with van der Waals surface area (Å²) in [5.41, 5.74) is 0. The SMILES string of the molecule is C[C@@H](Oc1ccc(Br)cc1)C(=O)NC1CCCC1. The van der Waals surface area contributed by atoms with Crippen LogP contribution in [-0.4, -0.2) is 18.1 Å². The van der Waals surface area contributed by atoms with E-state index < -0.39 is 6.10 Å². The van der Waals surface area contributed by atoms with Gasteiger partial charge in [0.1, 0.15) is 5.75 Å². The first-order valence-electron chi connectivity index (χ1n) is 6.38. The Hall–Kier alpha value is -1.03. The Morgan fingerprint density at radius 3 is 2.56 bits per heavy atom. The second-order valence-corrected chi connectivity index (χ2v) is 5.62. The van der Waals surface area contributed by atoms with Gasteiger partial charge in [-0.05, 0) is 44.0 Å². The Morgan fingerprint density at radius 2 is 1.94 bits per heavy atom. The predicted octanol–water partition coefficient (Wildman–Crippen LogP) is 3.28. The van der Waals surface area contributed by atoms with Crippen molar-refractivity contribution in [2.45, 2.75) is 44.8 Å². The van der Waals surface area contributed by atoms with E-state index in [2.05, 4.69) is 21.2 Å². The molecule has 0 aliphatic heterocycles. The number of ether oxygens (including phenoxy) is 1. The Labute approximate surface area is 116 Å². The van der Waals surface area contributed by atoms with Gasteiger partial charge in [-0.3, -0.25) is 4.79 Å². The first kappa shape index (κ1) is 13.4. The van der Waals surface area contributed by atoms with Crippen LogP contribution in [0, 0.1) is 0 Å². The number of hydrogen-bond donors (Lipinski definition) is 1. The number of nitrogens with one attached hydrogen (secondary N) is 1. The summed E-state index contributed by atoms with van der Waals surface area (Å²) in [5, 5.41) is 3.04. The summed E-state index contributed by atoms with van der Waals surface area (Å²) in [6.07, 6.45) is 4.17. The molecule has 0 spiro atoms. The molecule has 3 nitrogen and oxygen atoms in total. The number of amides is 1. The van der Waals surface area contributed by atoms with E-state index in [1.807, 2.05) is 24.3 Å². The highest BCUT2D eigenvalue weighted by Crippen LogP contribution is 2.19. The third-order valence-electron chi connectivity index (χ3n) is 3.20. The fourth-order valence-electron chi connectivity index (χ4n) is 2.16. The molecule has 0 radical (unpaired) electrons. The molecule has 1 saturated carbocycles. The van der Waals surface area contributed by atoms with Crippen LogP contribution >= 0.6 is 15.9 Å². The number of benzene rings is 1. The molecule has 18 heavy (non-hydrogen) atoms. The molecule has 1 aromatic rings. The van der Waals surface area contributed by atoms with Gasteiger partial charge in [-0.25, -0.2) is 0 Å². The van der Waals surface area contributed by atoms with E-state index in [-0.39, 0.29) is 5.91 Å². The normalized spacial score (nSPS) is 17.4. The summed E-state index contributed by atoms with van der Waals surface area (Å²) in [6.45, 7) is 1.78. The van der Waals surface area contributed by atoms with Crippen molar-refractivity contribution in [2.75, 3.05) is 0 Å². The van der Waals surface area contributed by atoms with Crippen LogP contribution in [-0.2, 0) is 4.79 Å². The number of carbonyl (C=O) groups is 1. The molecule has 1 atom stereocenters. The van der Waals surface area contributed by atoms with Crippen LogP contribution in [0.15, 0.2) is 28.7 Å². The molecule has 0 aromatic heterocycles. The highest BCUT2D eigenvalue weighted by molar-refractivity contribution is 9.10. The van der Waals surface area contributed by atoms with Gasteiger partial charge in [-0.2, -0.15) is 0 Å². The van der Waals surface area contributed by atoms with Gasteiger partial charge < -0.3 is 10.1 Å². The molecule has 98 valence electrons. The molecule has 1 N–H and O–H groups in total. The standard InChI is InChI=1S/C14H18BrNO2/c1-10(14(17)16-12-4-2-3-5-12)18-13-8-6-11(15)7-9-13/h6-10,12H,2-5H2,1H3,(H,16,17)/t10-/m1/s1. The fourth-order valence-corrected chi connectivity index (χ4v) is 2.42. The van der Waals surface area contributed by atoms with E-state index in [0.717, 1.165) is 17.3 Å². The average molecular weight is 312 g/mol. The van der Waals surface area contributed by atoms with Crippen molar-refractivity contribution in [1.29, 1.82) is 0 Å². The smallest absolute Gasteiger partial charge is 0.260 e. The predicted molar refractivity (Wildman–Crippen MR) is 74.6 cm³/mol. The molecule has 0 heterocycles. The molecule has 0 unspecified atom stereocenters. The van der Waals surface area contributed by atoms with Crippen LogP contribution in [0.25, 0.3) is 0 Å². The maximum atomic E-state index is 11.9. The van der Waals surface area contributed by atoms with Crippen LogP contribution in [0.5, 0.6) is 5.75 Å². The van der Waals surface area contributed by atoms with Crippen LogP contribution in [0.4, 0.5) is 0 Å². The molecular weight excluding hydrogens is 294 g/mol. The lowest BCUT2D eigenvalue weighted by atomic mass is 10.2. The fraction of sp³-hybridized carbons (Fsp3) is 0.500. The van der Waals surface area contributed by atoms with E-state index in [1.54, 1.807) is 6.92 Å². The molecule has 1 aromatic carbocycles. The minimum atomic E-state index is -0.452. The summed E-state index contributed by atoms with van der Waals surface area (Å²) in [6, 6.07) is 7.84. The van der Waals surface area contributed by atoms with Crippen LogP contribution in [0.1, 0.15) is 32.6 Å². The highest BCUT2D eigenvalue weighted by Gasteiger charge is 2.21. The van der Waals surface area contributed by atoms with Gasteiger partial charge in [0.15, 0.2) is 6.10 Å². The van der Waals surface area contributed by atoms with Crippen molar-refractivity contribution in [3.63, 3.8) is 0 Å². The molecule has 4 heteroatoms. The number of halogens is 1. The molecule has 0 saturated heterocycles. The second kappa shape index (κ2) is 6.23. The monoisotopic (exact) mass is 311 g/mol. The van der Waals surface area contributed by atoms with Crippen molar-refractivity contribution < 1.29 is 9.53 Å². The zero-order chi connectivity index (χ0) is 13.0. The quantitative estimate of drug-likeness (QED) is 0.926. The Morgan fingerprint density at radius 1 is 1.33 bits per heavy atom. The first-order valence-corrected chi connectivity index (χ1v) is 7.17. The highest BCUT2D eigenvalue weighted by atomic mass is 79.9. The van der Waals surface area contributed by atoms with Gasteiger partial charge in [0.05, 0.1) is 0 Å². The Balaban J connectivity index is 1.84. The zero-order valence-corrected chi connectivity index (χ0v) is 12.1. The summed E-state index contributed by atoms with van der Waals surface area (Å²) in [7, 11) is 0. The topological polar surface area (TPSA) is 38.3 Å². The zero-order valence-electron chi connectivity index (χ0n) is 10.5. The van der Waals surface area contributed by atoms with Gasteiger partial charge in [0, 0.05) is 10.5 Å². The maximum Gasteiger partial charge on any atom is 0.260 e. The molecule has 1 aliphatic rings. The van der Waals surface area contributed by atoms with Crippen LogP contribution in [0.3, 0.4) is 0 Å². The largest absolute Gasteiger partial charge is 0.481 e. The molecule has 1 amide bonds. The lowest BCUT2D eigenvalue weighted by molar-refractivity contribution is -0.127. The van der Waals surface area contributed by atoms with Gasteiger partial charge in [-0.1, -0.05) is 28.8 Å². The van der Waals surface area contributed by atoms with Gasteiger partial charge in [0.2, 0.25) is 0 Å². The van der Waals surface area contributed by atoms with Gasteiger partial charge in [0.25, 0.3) is 5.91 Å². The third kappa shape index (κ3) is 3.73. The van der Waals surface area contributed by atoms with Crippen LogP contribution in [0.2, 0.25) is 0 Å². The maximum absolute atomic E-state index is 11.9. The van der Waals surface area contributed by atoms with Crippen molar-refractivity contribution in [2.24, 2.45) is 0 Å². The summed E-state index contributed by atoms with van der Waals surface area (Å²) in [4.78, 5) is 11.9. The second-order valence-electron chi connectivity index (χ2n) is 4.70. The molecule has 2 rings (SSSR count). The molecule has 1 aliphatic carbocycles. The Kier molecular flexibility index (Phi) is 4.64. The number of rotatable bonds is 4. The van der Waals surface area contributed by atoms with Crippen molar-refractivity contribution in [1.82, 2.24) is 5.32 Å². The summed E-state index contributed by atoms with van der Waals surface area (Å²) >= 11 is 3.36. The van der Waals surface area contributed by atoms with Crippen LogP contribution < -0.4 is 10.1 Å². The van der Waals surface area contributed by atoms with Gasteiger partial charge >= 0.3 is 0 Å². The molecular formula is C14H18BrNO2. The molecule has 0 bridgehead atoms.